The van der Waals surface area contributed by atoms with Crippen molar-refractivity contribution in [2.45, 2.75) is 46.1 Å². The summed E-state index contributed by atoms with van der Waals surface area (Å²) in [5.74, 6) is 2.70. The third-order valence-corrected chi connectivity index (χ3v) is 3.57. The van der Waals surface area contributed by atoms with Crippen molar-refractivity contribution in [1.29, 1.82) is 0 Å². The first-order valence-corrected chi connectivity index (χ1v) is 7.93. The van der Waals surface area contributed by atoms with Gasteiger partial charge in [0.2, 0.25) is 0 Å². The maximum Gasteiger partial charge on any atom is 0.165 e. The molecule has 1 fully saturated rings. The fourth-order valence-corrected chi connectivity index (χ4v) is 2.27. The SMILES string of the molecule is CCCNCc1cccc(OCC)c1OCCC1CC1. The lowest BCUT2D eigenvalue weighted by molar-refractivity contribution is 0.266. The van der Waals surface area contributed by atoms with Gasteiger partial charge in [-0.1, -0.05) is 31.9 Å². The van der Waals surface area contributed by atoms with E-state index >= 15 is 0 Å². The van der Waals surface area contributed by atoms with Crippen molar-refractivity contribution in [3.63, 3.8) is 0 Å². The van der Waals surface area contributed by atoms with Crippen molar-refractivity contribution in [2.24, 2.45) is 5.92 Å². The Morgan fingerprint density at radius 1 is 1.20 bits per heavy atom. The molecule has 1 aromatic carbocycles. The molecular formula is C17H27NO2. The molecule has 1 aliphatic carbocycles. The Kier molecular flexibility index (Phi) is 6.19. The number of para-hydroxylation sites is 1. The zero-order valence-electron chi connectivity index (χ0n) is 12.8. The lowest BCUT2D eigenvalue weighted by Crippen LogP contribution is -2.15. The van der Waals surface area contributed by atoms with Gasteiger partial charge in [-0.25, -0.2) is 0 Å². The van der Waals surface area contributed by atoms with Crippen LogP contribution in [0, 0.1) is 5.92 Å². The summed E-state index contributed by atoms with van der Waals surface area (Å²) < 4.78 is 11.7. The van der Waals surface area contributed by atoms with Crippen LogP contribution in [0.15, 0.2) is 18.2 Å². The molecule has 1 aliphatic rings. The summed E-state index contributed by atoms with van der Waals surface area (Å²) in [5, 5.41) is 3.44. The normalized spacial score (nSPS) is 14.3. The van der Waals surface area contributed by atoms with Crippen LogP contribution in [0.4, 0.5) is 0 Å². The van der Waals surface area contributed by atoms with Crippen LogP contribution in [-0.4, -0.2) is 19.8 Å². The van der Waals surface area contributed by atoms with E-state index in [0.29, 0.717) is 6.61 Å². The van der Waals surface area contributed by atoms with E-state index in [-0.39, 0.29) is 0 Å². The summed E-state index contributed by atoms with van der Waals surface area (Å²) in [6, 6.07) is 6.17. The van der Waals surface area contributed by atoms with E-state index in [4.69, 9.17) is 9.47 Å². The van der Waals surface area contributed by atoms with E-state index in [1.54, 1.807) is 0 Å². The number of benzene rings is 1. The molecular weight excluding hydrogens is 250 g/mol. The van der Waals surface area contributed by atoms with Gasteiger partial charge in [0.05, 0.1) is 13.2 Å². The maximum atomic E-state index is 6.04. The molecule has 0 amide bonds. The van der Waals surface area contributed by atoms with Crippen LogP contribution in [0.25, 0.3) is 0 Å². The van der Waals surface area contributed by atoms with Crippen LogP contribution in [0.2, 0.25) is 0 Å². The van der Waals surface area contributed by atoms with E-state index in [1.165, 1.54) is 24.8 Å². The monoisotopic (exact) mass is 277 g/mol. The molecule has 0 unspecified atom stereocenters. The molecule has 0 radical (unpaired) electrons. The second kappa shape index (κ2) is 8.15. The van der Waals surface area contributed by atoms with Gasteiger partial charge >= 0.3 is 0 Å². The Hall–Kier alpha value is -1.22. The molecule has 0 spiro atoms. The van der Waals surface area contributed by atoms with Crippen molar-refractivity contribution in [3.05, 3.63) is 23.8 Å². The Balaban J connectivity index is 1.99. The van der Waals surface area contributed by atoms with E-state index < -0.39 is 0 Å². The van der Waals surface area contributed by atoms with Gasteiger partial charge in [-0.2, -0.15) is 0 Å². The number of rotatable bonds is 10. The predicted molar refractivity (Wildman–Crippen MR) is 82.4 cm³/mol. The number of ether oxygens (including phenoxy) is 2. The van der Waals surface area contributed by atoms with E-state index in [9.17, 15) is 0 Å². The lowest BCUT2D eigenvalue weighted by Gasteiger charge is -2.16. The van der Waals surface area contributed by atoms with Crippen molar-refractivity contribution >= 4 is 0 Å². The lowest BCUT2D eigenvalue weighted by atomic mass is 10.1. The molecule has 1 saturated carbocycles. The van der Waals surface area contributed by atoms with Crippen molar-refractivity contribution < 1.29 is 9.47 Å². The van der Waals surface area contributed by atoms with Gasteiger partial charge in [-0.05, 0) is 38.3 Å². The molecule has 0 aromatic heterocycles. The first-order chi connectivity index (χ1) is 9.85. The summed E-state index contributed by atoms with van der Waals surface area (Å²) in [4.78, 5) is 0. The molecule has 3 nitrogen and oxygen atoms in total. The highest BCUT2D eigenvalue weighted by molar-refractivity contribution is 5.46. The predicted octanol–water partition coefficient (Wildman–Crippen LogP) is 3.76. The molecule has 20 heavy (non-hydrogen) atoms. The summed E-state index contributed by atoms with van der Waals surface area (Å²) in [7, 11) is 0. The highest BCUT2D eigenvalue weighted by atomic mass is 16.5. The third-order valence-electron chi connectivity index (χ3n) is 3.57. The van der Waals surface area contributed by atoms with Crippen molar-refractivity contribution in [1.82, 2.24) is 5.32 Å². The molecule has 0 atom stereocenters. The van der Waals surface area contributed by atoms with Crippen LogP contribution in [0.1, 0.15) is 45.1 Å². The quantitative estimate of drug-likeness (QED) is 0.660. The minimum Gasteiger partial charge on any atom is -0.490 e. The molecule has 3 heteroatoms. The maximum absolute atomic E-state index is 6.04. The topological polar surface area (TPSA) is 30.5 Å². The summed E-state index contributed by atoms with van der Waals surface area (Å²) in [5.41, 5.74) is 1.19. The van der Waals surface area contributed by atoms with Gasteiger partial charge in [-0.3, -0.25) is 0 Å². The summed E-state index contributed by atoms with van der Waals surface area (Å²) in [6.45, 7) is 7.53. The number of hydrogen-bond acceptors (Lipinski definition) is 3. The van der Waals surface area contributed by atoms with E-state index in [0.717, 1.165) is 43.5 Å². The van der Waals surface area contributed by atoms with Gasteiger partial charge in [-0.15, -0.1) is 0 Å². The summed E-state index contributed by atoms with van der Waals surface area (Å²) in [6.07, 6.45) is 5.06. The second-order valence-electron chi connectivity index (χ2n) is 5.43. The van der Waals surface area contributed by atoms with Crippen LogP contribution in [-0.2, 0) is 6.54 Å². The first kappa shape index (κ1) is 15.2. The van der Waals surface area contributed by atoms with E-state index in [1.807, 2.05) is 19.1 Å². The number of hydrogen-bond donors (Lipinski definition) is 1. The Morgan fingerprint density at radius 3 is 2.75 bits per heavy atom. The fraction of sp³-hybridized carbons (Fsp3) is 0.647. The van der Waals surface area contributed by atoms with Gasteiger partial charge in [0.25, 0.3) is 0 Å². The molecule has 0 bridgehead atoms. The average molecular weight is 277 g/mol. The van der Waals surface area contributed by atoms with Gasteiger partial charge in [0.15, 0.2) is 11.5 Å². The van der Waals surface area contributed by atoms with Crippen LogP contribution < -0.4 is 14.8 Å². The zero-order valence-corrected chi connectivity index (χ0v) is 12.8. The van der Waals surface area contributed by atoms with Crippen LogP contribution in [0.3, 0.4) is 0 Å². The largest absolute Gasteiger partial charge is 0.490 e. The number of nitrogens with one attached hydrogen (secondary N) is 1. The van der Waals surface area contributed by atoms with Crippen LogP contribution in [0.5, 0.6) is 11.5 Å². The molecule has 0 aliphatic heterocycles. The Bertz CT molecular complexity index is 402. The molecule has 0 saturated heterocycles. The van der Waals surface area contributed by atoms with Crippen LogP contribution >= 0.6 is 0 Å². The van der Waals surface area contributed by atoms with Crippen molar-refractivity contribution in [2.75, 3.05) is 19.8 Å². The Morgan fingerprint density at radius 2 is 2.05 bits per heavy atom. The molecule has 112 valence electrons. The smallest absolute Gasteiger partial charge is 0.165 e. The highest BCUT2D eigenvalue weighted by Gasteiger charge is 2.21. The van der Waals surface area contributed by atoms with Gasteiger partial charge in [0, 0.05) is 12.1 Å². The van der Waals surface area contributed by atoms with Gasteiger partial charge < -0.3 is 14.8 Å². The summed E-state index contributed by atoms with van der Waals surface area (Å²) >= 11 is 0. The zero-order chi connectivity index (χ0) is 14.2. The third kappa shape index (κ3) is 4.71. The molecule has 1 N–H and O–H groups in total. The molecule has 2 rings (SSSR count). The van der Waals surface area contributed by atoms with Gasteiger partial charge in [0.1, 0.15) is 0 Å². The standard InChI is InChI=1S/C17H27NO2/c1-3-11-18-13-15-6-5-7-16(19-4-2)17(15)20-12-10-14-8-9-14/h5-7,14,18H,3-4,8-13H2,1-2H3. The fourth-order valence-electron chi connectivity index (χ4n) is 2.27. The van der Waals surface area contributed by atoms with Crippen molar-refractivity contribution in [3.8, 4) is 11.5 Å². The second-order valence-corrected chi connectivity index (χ2v) is 5.43. The molecule has 1 aromatic rings. The van der Waals surface area contributed by atoms with E-state index in [2.05, 4.69) is 18.3 Å². The first-order valence-electron chi connectivity index (χ1n) is 7.93. The molecule has 0 heterocycles. The Labute approximate surface area is 122 Å². The minimum atomic E-state index is 0.671. The average Bonchev–Trinajstić information content (AvgIpc) is 3.26. The highest BCUT2D eigenvalue weighted by Crippen LogP contribution is 2.35. The minimum absolute atomic E-state index is 0.671.